The largest absolute Gasteiger partial charge is 0.244 e. The Bertz CT molecular complexity index is 484. The number of hydrogen-bond donors (Lipinski definition) is 0. The van der Waals surface area contributed by atoms with E-state index in [0.717, 1.165) is 10.9 Å². The molecule has 1 aromatic heterocycles. The van der Waals surface area contributed by atoms with Crippen LogP contribution in [-0.2, 0) is 4.79 Å². The number of fused-ring (bicyclic) bond motifs is 1. The maximum absolute atomic E-state index is 10.1. The van der Waals surface area contributed by atoms with Gasteiger partial charge in [0.15, 0.2) is 0 Å². The zero-order chi connectivity index (χ0) is 9.10. The van der Waals surface area contributed by atoms with Crippen LogP contribution in [0.25, 0.3) is 10.9 Å². The molecule has 0 spiro atoms. The molecule has 0 amide bonds. The van der Waals surface area contributed by atoms with E-state index in [9.17, 15) is 4.79 Å². The van der Waals surface area contributed by atoms with Crippen molar-refractivity contribution in [3.63, 3.8) is 0 Å². The molecule has 0 aliphatic rings. The highest BCUT2D eigenvalue weighted by Gasteiger charge is 1.98. The number of aromatic nitrogens is 2. The van der Waals surface area contributed by atoms with Crippen molar-refractivity contribution < 1.29 is 4.79 Å². The van der Waals surface area contributed by atoms with Gasteiger partial charge in [0.1, 0.15) is 6.33 Å². The summed E-state index contributed by atoms with van der Waals surface area (Å²) in [6.45, 7) is 0. The summed E-state index contributed by atoms with van der Waals surface area (Å²) >= 11 is 0. The Morgan fingerprint density at radius 2 is 2.31 bits per heavy atom. The van der Waals surface area contributed by atoms with E-state index in [4.69, 9.17) is 0 Å². The van der Waals surface area contributed by atoms with Crippen LogP contribution in [-0.4, -0.2) is 16.0 Å². The first-order valence-electron chi connectivity index (χ1n) is 3.68. The fourth-order valence-electron chi connectivity index (χ4n) is 1.14. The summed E-state index contributed by atoms with van der Waals surface area (Å²) in [7, 11) is 0. The SMILES string of the molecule is O=C=Nc1cccc2ncncc12. The van der Waals surface area contributed by atoms with Gasteiger partial charge in [0.2, 0.25) is 6.08 Å². The van der Waals surface area contributed by atoms with Gasteiger partial charge in [0.05, 0.1) is 11.2 Å². The molecule has 0 aliphatic carbocycles. The van der Waals surface area contributed by atoms with Crippen LogP contribution in [0, 0.1) is 0 Å². The standard InChI is InChI=1S/C9H5N3O/c13-6-12-9-3-1-2-8-7(9)4-10-5-11-8/h1-5H. The van der Waals surface area contributed by atoms with Gasteiger partial charge in [-0.25, -0.2) is 14.8 Å². The molecule has 0 radical (unpaired) electrons. The zero-order valence-corrected chi connectivity index (χ0v) is 6.64. The van der Waals surface area contributed by atoms with Crippen LogP contribution in [0.4, 0.5) is 5.69 Å². The molecule has 0 saturated heterocycles. The van der Waals surface area contributed by atoms with Crippen molar-refractivity contribution >= 4 is 22.7 Å². The van der Waals surface area contributed by atoms with Crippen LogP contribution in [0.5, 0.6) is 0 Å². The highest BCUT2D eigenvalue weighted by molar-refractivity contribution is 5.89. The van der Waals surface area contributed by atoms with Gasteiger partial charge in [0.25, 0.3) is 0 Å². The van der Waals surface area contributed by atoms with Crippen molar-refractivity contribution in [3.05, 3.63) is 30.7 Å². The molecule has 0 fully saturated rings. The average molecular weight is 171 g/mol. The summed E-state index contributed by atoms with van der Waals surface area (Å²) in [4.78, 5) is 21.5. The molecule has 1 heterocycles. The molecule has 2 aromatic rings. The summed E-state index contributed by atoms with van der Waals surface area (Å²) in [6, 6.07) is 5.34. The van der Waals surface area contributed by atoms with Crippen LogP contribution < -0.4 is 0 Å². The Hall–Kier alpha value is -2.06. The first-order chi connectivity index (χ1) is 6.42. The second-order valence-corrected chi connectivity index (χ2v) is 2.44. The Balaban J connectivity index is 2.82. The van der Waals surface area contributed by atoms with E-state index in [1.807, 2.05) is 6.07 Å². The van der Waals surface area contributed by atoms with E-state index in [2.05, 4.69) is 15.0 Å². The Morgan fingerprint density at radius 3 is 3.15 bits per heavy atom. The fraction of sp³-hybridized carbons (Fsp3) is 0. The molecular formula is C9H5N3O. The molecule has 4 nitrogen and oxygen atoms in total. The van der Waals surface area contributed by atoms with E-state index >= 15 is 0 Å². The van der Waals surface area contributed by atoms with Gasteiger partial charge in [-0.05, 0) is 12.1 Å². The van der Waals surface area contributed by atoms with Crippen molar-refractivity contribution in [2.24, 2.45) is 4.99 Å². The lowest BCUT2D eigenvalue weighted by Crippen LogP contribution is -1.80. The number of isocyanates is 1. The number of nitrogens with zero attached hydrogens (tertiary/aromatic N) is 3. The Morgan fingerprint density at radius 1 is 1.38 bits per heavy atom. The number of rotatable bonds is 1. The minimum Gasteiger partial charge on any atom is -0.244 e. The topological polar surface area (TPSA) is 55.2 Å². The Kier molecular flexibility index (Phi) is 1.82. The lowest BCUT2D eigenvalue weighted by atomic mass is 10.2. The summed E-state index contributed by atoms with van der Waals surface area (Å²) in [5, 5.41) is 0.758. The van der Waals surface area contributed by atoms with Crippen LogP contribution in [0.2, 0.25) is 0 Å². The fourth-order valence-corrected chi connectivity index (χ4v) is 1.14. The van der Waals surface area contributed by atoms with Crippen LogP contribution in [0.15, 0.2) is 35.7 Å². The quantitative estimate of drug-likeness (QED) is 0.483. The van der Waals surface area contributed by atoms with Gasteiger partial charge < -0.3 is 0 Å². The van der Waals surface area contributed by atoms with Crippen molar-refractivity contribution in [2.75, 3.05) is 0 Å². The monoisotopic (exact) mass is 171 g/mol. The van der Waals surface area contributed by atoms with E-state index in [1.165, 1.54) is 12.4 Å². The maximum Gasteiger partial charge on any atom is 0.240 e. The molecule has 13 heavy (non-hydrogen) atoms. The molecule has 0 saturated carbocycles. The molecule has 2 rings (SSSR count). The normalized spacial score (nSPS) is 9.54. The molecule has 62 valence electrons. The molecule has 0 N–H and O–H groups in total. The van der Waals surface area contributed by atoms with E-state index < -0.39 is 0 Å². The van der Waals surface area contributed by atoms with Crippen molar-refractivity contribution in [3.8, 4) is 0 Å². The second-order valence-electron chi connectivity index (χ2n) is 2.44. The van der Waals surface area contributed by atoms with Crippen molar-refractivity contribution in [1.82, 2.24) is 9.97 Å². The van der Waals surface area contributed by atoms with Gasteiger partial charge in [-0.15, -0.1) is 0 Å². The molecule has 0 unspecified atom stereocenters. The molecule has 4 heteroatoms. The summed E-state index contributed by atoms with van der Waals surface area (Å²) in [5.74, 6) is 0. The van der Waals surface area contributed by atoms with Gasteiger partial charge in [0, 0.05) is 11.6 Å². The first kappa shape index (κ1) is 7.58. The van der Waals surface area contributed by atoms with Crippen LogP contribution in [0.1, 0.15) is 0 Å². The second kappa shape index (κ2) is 3.13. The third kappa shape index (κ3) is 1.30. The molecule has 0 atom stereocenters. The first-order valence-corrected chi connectivity index (χ1v) is 3.68. The van der Waals surface area contributed by atoms with Gasteiger partial charge in [-0.2, -0.15) is 4.99 Å². The smallest absolute Gasteiger partial charge is 0.240 e. The van der Waals surface area contributed by atoms with E-state index in [-0.39, 0.29) is 0 Å². The molecular weight excluding hydrogens is 166 g/mol. The number of hydrogen-bond acceptors (Lipinski definition) is 4. The number of aliphatic imine (C=N–C) groups is 1. The minimum atomic E-state index is 0.549. The number of benzene rings is 1. The predicted octanol–water partition coefficient (Wildman–Crippen LogP) is 1.60. The van der Waals surface area contributed by atoms with Crippen molar-refractivity contribution in [1.29, 1.82) is 0 Å². The molecule has 0 aliphatic heterocycles. The lowest BCUT2D eigenvalue weighted by Gasteiger charge is -1.96. The van der Waals surface area contributed by atoms with Gasteiger partial charge in [-0.3, -0.25) is 0 Å². The zero-order valence-electron chi connectivity index (χ0n) is 6.64. The van der Waals surface area contributed by atoms with Crippen LogP contribution >= 0.6 is 0 Å². The van der Waals surface area contributed by atoms with E-state index in [0.29, 0.717) is 5.69 Å². The average Bonchev–Trinajstić information content (AvgIpc) is 2.19. The third-order valence-corrected chi connectivity index (χ3v) is 1.69. The van der Waals surface area contributed by atoms with Gasteiger partial charge >= 0.3 is 0 Å². The Labute approximate surface area is 74.0 Å². The lowest BCUT2D eigenvalue weighted by molar-refractivity contribution is 0.565. The highest BCUT2D eigenvalue weighted by atomic mass is 16.1. The van der Waals surface area contributed by atoms with Gasteiger partial charge in [-0.1, -0.05) is 6.07 Å². The molecule has 0 bridgehead atoms. The van der Waals surface area contributed by atoms with Crippen molar-refractivity contribution in [2.45, 2.75) is 0 Å². The minimum absolute atomic E-state index is 0.549. The predicted molar refractivity (Wildman–Crippen MR) is 47.3 cm³/mol. The number of carbonyl (C=O) groups excluding carboxylic acids is 1. The summed E-state index contributed by atoms with van der Waals surface area (Å²) < 4.78 is 0. The molecule has 1 aromatic carbocycles. The maximum atomic E-state index is 10.1. The summed E-state index contributed by atoms with van der Waals surface area (Å²) in [5.41, 5.74) is 1.32. The summed E-state index contributed by atoms with van der Waals surface area (Å²) in [6.07, 6.45) is 4.57. The third-order valence-electron chi connectivity index (χ3n) is 1.69. The highest BCUT2D eigenvalue weighted by Crippen LogP contribution is 2.22. The van der Waals surface area contributed by atoms with E-state index in [1.54, 1.807) is 18.3 Å². The van der Waals surface area contributed by atoms with Crippen LogP contribution in [0.3, 0.4) is 0 Å².